The average Bonchev–Trinajstić information content (AvgIpc) is 2.97. The van der Waals surface area contributed by atoms with Crippen molar-refractivity contribution in [3.8, 4) is 5.75 Å². The van der Waals surface area contributed by atoms with Crippen molar-refractivity contribution in [2.24, 2.45) is 0 Å². The molecule has 15 heavy (non-hydrogen) atoms. The van der Waals surface area contributed by atoms with Gasteiger partial charge in [0.1, 0.15) is 11.9 Å². The van der Waals surface area contributed by atoms with E-state index in [1.54, 1.807) is 7.11 Å². The summed E-state index contributed by atoms with van der Waals surface area (Å²) in [5.74, 6) is 0.906. The van der Waals surface area contributed by atoms with Gasteiger partial charge in [-0.2, -0.15) is 0 Å². The molecule has 2 nitrogen and oxygen atoms in total. The van der Waals surface area contributed by atoms with E-state index in [2.05, 4.69) is 31.8 Å². The molecule has 1 aliphatic rings. The highest BCUT2D eigenvalue weighted by Crippen LogP contribution is 2.44. The van der Waals surface area contributed by atoms with E-state index in [1.165, 1.54) is 5.56 Å². The van der Waals surface area contributed by atoms with E-state index in [1.807, 2.05) is 12.1 Å². The van der Waals surface area contributed by atoms with Crippen molar-refractivity contribution >= 4 is 8.07 Å². The van der Waals surface area contributed by atoms with Crippen molar-refractivity contribution in [2.45, 2.75) is 31.5 Å². The number of methoxy groups -OCH3 is 1. The van der Waals surface area contributed by atoms with Crippen LogP contribution in [0.25, 0.3) is 0 Å². The third-order valence-corrected chi connectivity index (χ3v) is 4.94. The standard InChI is InChI=1S/C12H18O2Si/c1-13-10-7-5-9(6-8-10)11-12(14-11)15(2,3)4/h5-8,11-12H,1-4H3/t11-,12-/m1/s1. The smallest absolute Gasteiger partial charge is 0.118 e. The Hall–Kier alpha value is -0.803. The second-order valence-electron chi connectivity index (χ2n) is 5.12. The van der Waals surface area contributed by atoms with E-state index in [0.29, 0.717) is 11.8 Å². The highest BCUT2D eigenvalue weighted by atomic mass is 28.3. The lowest BCUT2D eigenvalue weighted by atomic mass is 10.1. The van der Waals surface area contributed by atoms with Crippen molar-refractivity contribution in [3.05, 3.63) is 29.8 Å². The predicted octanol–water partition coefficient (Wildman–Crippen LogP) is 3.01. The molecule has 0 unspecified atom stereocenters. The van der Waals surface area contributed by atoms with E-state index in [-0.39, 0.29) is 0 Å². The van der Waals surface area contributed by atoms with Crippen molar-refractivity contribution in [1.29, 1.82) is 0 Å². The zero-order valence-electron chi connectivity index (χ0n) is 9.78. The fourth-order valence-electron chi connectivity index (χ4n) is 1.82. The molecule has 1 aromatic rings. The van der Waals surface area contributed by atoms with E-state index in [9.17, 15) is 0 Å². The fourth-order valence-corrected chi connectivity index (χ4v) is 3.47. The Labute approximate surface area is 92.2 Å². The summed E-state index contributed by atoms with van der Waals surface area (Å²) in [7, 11) is 0.543. The summed E-state index contributed by atoms with van der Waals surface area (Å²) in [6.07, 6.45) is 0.336. The van der Waals surface area contributed by atoms with Gasteiger partial charge in [0.15, 0.2) is 0 Å². The van der Waals surface area contributed by atoms with Crippen molar-refractivity contribution in [1.82, 2.24) is 0 Å². The summed E-state index contributed by atoms with van der Waals surface area (Å²) in [6, 6.07) is 8.20. The molecule has 0 aromatic heterocycles. The summed E-state index contributed by atoms with van der Waals surface area (Å²) in [4.78, 5) is 0. The minimum Gasteiger partial charge on any atom is -0.497 e. The van der Waals surface area contributed by atoms with Crippen LogP contribution in [0.3, 0.4) is 0 Å². The molecular weight excluding hydrogens is 204 g/mol. The van der Waals surface area contributed by atoms with Crippen LogP contribution in [0.4, 0.5) is 0 Å². The molecule has 0 bridgehead atoms. The second kappa shape index (κ2) is 3.65. The third-order valence-electron chi connectivity index (χ3n) is 2.79. The first-order valence-corrected chi connectivity index (χ1v) is 8.89. The molecule has 0 aliphatic carbocycles. The molecule has 82 valence electrons. The second-order valence-corrected chi connectivity index (χ2v) is 10.4. The lowest BCUT2D eigenvalue weighted by molar-refractivity contribution is 0.399. The molecule has 0 N–H and O–H groups in total. The van der Waals surface area contributed by atoms with Gasteiger partial charge in [-0.1, -0.05) is 31.8 Å². The molecule has 1 saturated heterocycles. The maximum Gasteiger partial charge on any atom is 0.118 e. The van der Waals surface area contributed by atoms with E-state index < -0.39 is 8.07 Å². The summed E-state index contributed by atoms with van der Waals surface area (Å²) in [5.41, 5.74) is 1.77. The van der Waals surface area contributed by atoms with Crippen molar-refractivity contribution in [3.63, 3.8) is 0 Å². The lowest BCUT2D eigenvalue weighted by Gasteiger charge is -2.11. The minimum absolute atomic E-state index is 0.336. The molecule has 1 aromatic carbocycles. The van der Waals surface area contributed by atoms with Gasteiger partial charge in [-0.25, -0.2) is 0 Å². The summed E-state index contributed by atoms with van der Waals surface area (Å²) in [6.45, 7) is 7.05. The SMILES string of the molecule is COc1ccc([C@H]2O[C@@H]2[Si](C)(C)C)cc1. The molecular formula is C12H18O2Si. The summed E-state index contributed by atoms with van der Waals surface area (Å²) in [5, 5.41) is 0. The zero-order chi connectivity index (χ0) is 11.1. The van der Waals surface area contributed by atoms with Crippen molar-refractivity contribution < 1.29 is 9.47 Å². The number of hydrogen-bond donors (Lipinski definition) is 0. The van der Waals surface area contributed by atoms with Crippen LogP contribution in [-0.4, -0.2) is 20.9 Å². The van der Waals surface area contributed by atoms with Crippen LogP contribution in [0, 0.1) is 0 Å². The van der Waals surface area contributed by atoms with Gasteiger partial charge in [-0.3, -0.25) is 0 Å². The first-order valence-electron chi connectivity index (χ1n) is 5.32. The molecule has 1 aliphatic heterocycles. The molecule has 0 saturated carbocycles. The Morgan fingerprint density at radius 2 is 1.73 bits per heavy atom. The van der Waals surface area contributed by atoms with Gasteiger partial charge in [0.05, 0.1) is 20.9 Å². The maximum atomic E-state index is 5.76. The first kappa shape index (κ1) is 10.7. The Kier molecular flexibility index (Phi) is 2.60. The maximum absolute atomic E-state index is 5.76. The number of ether oxygens (including phenoxy) is 2. The van der Waals surface area contributed by atoms with Crippen LogP contribution in [-0.2, 0) is 4.74 Å². The largest absolute Gasteiger partial charge is 0.497 e. The molecule has 2 atom stereocenters. The highest BCUT2D eigenvalue weighted by molar-refractivity contribution is 6.78. The van der Waals surface area contributed by atoms with E-state index >= 15 is 0 Å². The van der Waals surface area contributed by atoms with Gasteiger partial charge in [-0.05, 0) is 17.7 Å². The Morgan fingerprint density at radius 1 is 1.13 bits per heavy atom. The third kappa shape index (κ3) is 2.24. The first-order chi connectivity index (χ1) is 7.02. The summed E-state index contributed by atoms with van der Waals surface area (Å²) >= 11 is 0. The molecule has 3 heteroatoms. The monoisotopic (exact) mass is 222 g/mol. The van der Waals surface area contributed by atoms with Crippen LogP contribution < -0.4 is 4.74 Å². The van der Waals surface area contributed by atoms with Crippen LogP contribution in [0.15, 0.2) is 24.3 Å². The highest BCUT2D eigenvalue weighted by Gasteiger charge is 2.48. The number of rotatable bonds is 3. The number of epoxide rings is 1. The van der Waals surface area contributed by atoms with Crippen LogP contribution >= 0.6 is 0 Å². The van der Waals surface area contributed by atoms with Crippen molar-refractivity contribution in [2.75, 3.05) is 7.11 Å². The minimum atomic E-state index is -1.14. The van der Waals surface area contributed by atoms with Gasteiger partial charge in [-0.15, -0.1) is 0 Å². The summed E-state index contributed by atoms with van der Waals surface area (Å²) < 4.78 is 10.9. The van der Waals surface area contributed by atoms with Crippen LogP contribution in [0.2, 0.25) is 19.6 Å². The van der Waals surface area contributed by atoms with Gasteiger partial charge >= 0.3 is 0 Å². The molecule has 0 spiro atoms. The topological polar surface area (TPSA) is 21.8 Å². The molecule has 1 heterocycles. The zero-order valence-corrected chi connectivity index (χ0v) is 10.8. The Balaban J connectivity index is 2.07. The van der Waals surface area contributed by atoms with Gasteiger partial charge in [0.2, 0.25) is 0 Å². The Bertz CT molecular complexity index is 340. The quantitative estimate of drug-likeness (QED) is 0.579. The number of hydrogen-bond acceptors (Lipinski definition) is 2. The Morgan fingerprint density at radius 3 is 2.13 bits per heavy atom. The molecule has 1 fully saturated rings. The average molecular weight is 222 g/mol. The predicted molar refractivity (Wildman–Crippen MR) is 64.0 cm³/mol. The van der Waals surface area contributed by atoms with Gasteiger partial charge < -0.3 is 9.47 Å². The lowest BCUT2D eigenvalue weighted by Crippen LogP contribution is -2.29. The molecule has 0 amide bonds. The van der Waals surface area contributed by atoms with Crippen LogP contribution in [0.1, 0.15) is 11.7 Å². The molecule has 2 rings (SSSR count). The molecule has 0 radical (unpaired) electrons. The fraction of sp³-hybridized carbons (Fsp3) is 0.500. The number of benzene rings is 1. The van der Waals surface area contributed by atoms with Gasteiger partial charge in [0.25, 0.3) is 0 Å². The van der Waals surface area contributed by atoms with E-state index in [4.69, 9.17) is 9.47 Å². The van der Waals surface area contributed by atoms with Gasteiger partial charge in [0, 0.05) is 0 Å². The normalized spacial score (nSPS) is 25.1. The van der Waals surface area contributed by atoms with E-state index in [0.717, 1.165) is 5.75 Å². The van der Waals surface area contributed by atoms with Crippen LogP contribution in [0.5, 0.6) is 5.75 Å².